The monoisotopic (exact) mass is 456 g/mol. The van der Waals surface area contributed by atoms with E-state index < -0.39 is 0 Å². The highest BCUT2D eigenvalue weighted by atomic mass is 127. The summed E-state index contributed by atoms with van der Waals surface area (Å²) in [5.41, 5.74) is 3.84. The van der Waals surface area contributed by atoms with Crippen molar-refractivity contribution in [3.63, 3.8) is 0 Å². The molecule has 24 heavy (non-hydrogen) atoms. The first-order valence-electron chi connectivity index (χ1n) is 8.19. The number of halogens is 1. The molecule has 0 unspecified atom stereocenters. The van der Waals surface area contributed by atoms with Crippen LogP contribution in [0.3, 0.4) is 0 Å². The minimum absolute atomic E-state index is 0. The molecule has 1 aliphatic heterocycles. The van der Waals surface area contributed by atoms with E-state index in [1.165, 1.54) is 22.0 Å². The first-order chi connectivity index (χ1) is 11.2. The van der Waals surface area contributed by atoms with Gasteiger partial charge in [-0.2, -0.15) is 0 Å². The lowest BCUT2D eigenvalue weighted by Gasteiger charge is -2.22. The molecule has 3 rings (SSSR count). The zero-order valence-corrected chi connectivity index (χ0v) is 17.6. The maximum absolute atomic E-state index is 4.69. The molecular weight excluding hydrogens is 431 g/mol. The van der Waals surface area contributed by atoms with Gasteiger partial charge in [-0.05, 0) is 18.1 Å². The summed E-state index contributed by atoms with van der Waals surface area (Å²) in [6.07, 6.45) is 2.01. The molecule has 2 aromatic rings. The number of thiazole rings is 1. The number of aromatic nitrogens is 1. The molecule has 1 aromatic carbocycles. The van der Waals surface area contributed by atoms with Crippen LogP contribution in [0.1, 0.15) is 36.0 Å². The van der Waals surface area contributed by atoms with Gasteiger partial charge in [-0.15, -0.1) is 35.3 Å². The van der Waals surface area contributed by atoms with Crippen molar-refractivity contribution in [2.24, 2.45) is 4.99 Å². The van der Waals surface area contributed by atoms with Gasteiger partial charge in [-0.1, -0.05) is 32.0 Å². The maximum atomic E-state index is 4.69. The fourth-order valence-electron chi connectivity index (χ4n) is 2.86. The highest BCUT2D eigenvalue weighted by Crippen LogP contribution is 2.27. The lowest BCUT2D eigenvalue weighted by Crippen LogP contribution is -2.41. The van der Waals surface area contributed by atoms with Gasteiger partial charge >= 0.3 is 0 Å². The Morgan fingerprint density at radius 1 is 1.38 bits per heavy atom. The molecule has 0 saturated carbocycles. The Kier molecular flexibility index (Phi) is 7.03. The van der Waals surface area contributed by atoms with Crippen LogP contribution >= 0.6 is 35.3 Å². The molecule has 0 spiro atoms. The Morgan fingerprint density at radius 3 is 2.88 bits per heavy atom. The molecule has 0 bridgehead atoms. The zero-order valence-electron chi connectivity index (χ0n) is 14.5. The third-order valence-electron chi connectivity index (χ3n) is 4.08. The normalized spacial score (nSPS) is 13.8. The standard InChI is InChI=1S/C18H24N4S.HI/c1-13(2)17-21-15(12-23-17)8-10-20-18(19-3)22-11-9-14-6-4-5-7-16(14)22;/h4-7,12-13H,8-11H2,1-3H3,(H,19,20);1H. The number of anilines is 1. The number of hydrogen-bond acceptors (Lipinski definition) is 3. The Morgan fingerprint density at radius 2 is 2.17 bits per heavy atom. The minimum Gasteiger partial charge on any atom is -0.356 e. The minimum atomic E-state index is 0. The first-order valence-corrected chi connectivity index (χ1v) is 9.07. The van der Waals surface area contributed by atoms with Crippen LogP contribution in [0, 0.1) is 0 Å². The number of guanidine groups is 1. The summed E-state index contributed by atoms with van der Waals surface area (Å²) >= 11 is 1.76. The van der Waals surface area contributed by atoms with E-state index in [4.69, 9.17) is 4.98 Å². The fraction of sp³-hybridized carbons (Fsp3) is 0.444. The average Bonchev–Trinajstić information content (AvgIpc) is 3.19. The van der Waals surface area contributed by atoms with Crippen molar-refractivity contribution in [2.45, 2.75) is 32.6 Å². The Balaban J connectivity index is 0.00000208. The lowest BCUT2D eigenvalue weighted by atomic mass is 10.2. The van der Waals surface area contributed by atoms with E-state index in [0.717, 1.165) is 31.9 Å². The van der Waals surface area contributed by atoms with Crippen molar-refractivity contribution in [3.05, 3.63) is 45.9 Å². The van der Waals surface area contributed by atoms with Gasteiger partial charge in [0.05, 0.1) is 10.7 Å². The van der Waals surface area contributed by atoms with Gasteiger partial charge in [0.1, 0.15) is 0 Å². The summed E-state index contributed by atoms with van der Waals surface area (Å²) in [7, 11) is 1.85. The van der Waals surface area contributed by atoms with Crippen molar-refractivity contribution in [3.8, 4) is 0 Å². The quantitative estimate of drug-likeness (QED) is 0.429. The van der Waals surface area contributed by atoms with E-state index in [1.54, 1.807) is 11.3 Å². The van der Waals surface area contributed by atoms with Crippen molar-refractivity contribution >= 4 is 47.0 Å². The Bertz CT molecular complexity index is 696. The van der Waals surface area contributed by atoms with Crippen LogP contribution in [0.2, 0.25) is 0 Å². The highest BCUT2D eigenvalue weighted by Gasteiger charge is 2.22. The summed E-state index contributed by atoms with van der Waals surface area (Å²) in [4.78, 5) is 11.4. The molecule has 4 nitrogen and oxygen atoms in total. The van der Waals surface area contributed by atoms with E-state index in [2.05, 4.69) is 58.7 Å². The number of para-hydroxylation sites is 1. The summed E-state index contributed by atoms with van der Waals surface area (Å²) in [5, 5.41) is 6.87. The van der Waals surface area contributed by atoms with Crippen LogP contribution in [-0.2, 0) is 12.8 Å². The molecular formula is C18H25IN4S. The SMILES string of the molecule is CN=C(NCCc1csc(C(C)C)n1)N1CCc2ccccc21.I. The van der Waals surface area contributed by atoms with Crippen molar-refractivity contribution < 1.29 is 0 Å². The van der Waals surface area contributed by atoms with Crippen molar-refractivity contribution in [2.75, 3.05) is 25.0 Å². The molecule has 1 N–H and O–H groups in total. The second-order valence-electron chi connectivity index (χ2n) is 6.09. The predicted molar refractivity (Wildman–Crippen MR) is 114 cm³/mol. The number of fused-ring (bicyclic) bond motifs is 1. The number of nitrogens with one attached hydrogen (secondary N) is 1. The van der Waals surface area contributed by atoms with Crippen molar-refractivity contribution in [1.82, 2.24) is 10.3 Å². The van der Waals surface area contributed by atoms with Gasteiger partial charge in [-0.25, -0.2) is 4.98 Å². The van der Waals surface area contributed by atoms with E-state index in [-0.39, 0.29) is 24.0 Å². The van der Waals surface area contributed by atoms with Gasteiger partial charge < -0.3 is 10.2 Å². The predicted octanol–water partition coefficient (Wildman–Crippen LogP) is 4.07. The van der Waals surface area contributed by atoms with Crippen LogP contribution < -0.4 is 10.2 Å². The summed E-state index contributed by atoms with van der Waals surface area (Å²) < 4.78 is 0. The zero-order chi connectivity index (χ0) is 16.2. The first kappa shape index (κ1) is 19.2. The topological polar surface area (TPSA) is 40.5 Å². The second kappa shape index (κ2) is 8.80. The second-order valence-corrected chi connectivity index (χ2v) is 6.98. The van der Waals surface area contributed by atoms with Gasteiger partial charge in [0.15, 0.2) is 5.96 Å². The molecule has 0 radical (unpaired) electrons. The molecule has 6 heteroatoms. The number of rotatable bonds is 4. The summed E-state index contributed by atoms with van der Waals surface area (Å²) in [5.74, 6) is 1.46. The number of benzene rings is 1. The summed E-state index contributed by atoms with van der Waals surface area (Å²) in [6.45, 7) is 6.22. The number of hydrogen-bond donors (Lipinski definition) is 1. The molecule has 130 valence electrons. The van der Waals surface area contributed by atoms with Gasteiger partial charge in [0.25, 0.3) is 0 Å². The van der Waals surface area contributed by atoms with E-state index in [1.807, 2.05) is 7.05 Å². The maximum Gasteiger partial charge on any atom is 0.198 e. The highest BCUT2D eigenvalue weighted by molar-refractivity contribution is 14.0. The smallest absolute Gasteiger partial charge is 0.198 e. The molecule has 2 heterocycles. The summed E-state index contributed by atoms with van der Waals surface area (Å²) in [6, 6.07) is 8.57. The van der Waals surface area contributed by atoms with E-state index in [9.17, 15) is 0 Å². The lowest BCUT2D eigenvalue weighted by molar-refractivity contribution is 0.800. The Labute approximate surface area is 165 Å². The molecule has 0 fully saturated rings. The number of nitrogens with zero attached hydrogens (tertiary/aromatic N) is 3. The molecule has 1 aliphatic rings. The third-order valence-corrected chi connectivity index (χ3v) is 5.28. The third kappa shape index (κ3) is 4.27. The van der Waals surface area contributed by atoms with E-state index >= 15 is 0 Å². The van der Waals surface area contributed by atoms with Crippen LogP contribution in [0.4, 0.5) is 5.69 Å². The molecule has 0 atom stereocenters. The van der Waals surface area contributed by atoms with Crippen molar-refractivity contribution in [1.29, 1.82) is 0 Å². The number of aliphatic imine (C=N–C) groups is 1. The Hall–Kier alpha value is -1.15. The van der Waals surface area contributed by atoms with E-state index in [0.29, 0.717) is 5.92 Å². The van der Waals surface area contributed by atoms with Crippen LogP contribution in [-0.4, -0.2) is 31.1 Å². The van der Waals surface area contributed by atoms with Gasteiger partial charge in [0.2, 0.25) is 0 Å². The molecule has 1 aromatic heterocycles. The van der Waals surface area contributed by atoms with Gasteiger partial charge in [-0.3, -0.25) is 4.99 Å². The van der Waals surface area contributed by atoms with Crippen LogP contribution in [0.25, 0.3) is 0 Å². The average molecular weight is 456 g/mol. The van der Waals surface area contributed by atoms with Crippen LogP contribution in [0.15, 0.2) is 34.6 Å². The van der Waals surface area contributed by atoms with Crippen LogP contribution in [0.5, 0.6) is 0 Å². The van der Waals surface area contributed by atoms with Gasteiger partial charge in [0, 0.05) is 43.5 Å². The largest absolute Gasteiger partial charge is 0.356 e. The molecule has 0 aliphatic carbocycles. The fourth-order valence-corrected chi connectivity index (χ4v) is 3.73. The molecule has 0 amide bonds. The molecule has 0 saturated heterocycles.